The summed E-state index contributed by atoms with van der Waals surface area (Å²) in [5.41, 5.74) is 2.30. The van der Waals surface area contributed by atoms with Crippen molar-refractivity contribution >= 4 is 15.4 Å². The van der Waals surface area contributed by atoms with Crippen LogP contribution in [0, 0.1) is 5.92 Å². The molecule has 1 aromatic rings. The molecule has 0 atom stereocenters. The third-order valence-corrected chi connectivity index (χ3v) is 5.75. The van der Waals surface area contributed by atoms with Crippen LogP contribution in [0.3, 0.4) is 0 Å². The summed E-state index contributed by atoms with van der Waals surface area (Å²) in [6.45, 7) is 2.74. The minimum atomic E-state index is -2.73. The highest BCUT2D eigenvalue weighted by Gasteiger charge is 2.22. The average Bonchev–Trinajstić information content (AvgIpc) is 2.49. The molecule has 0 aromatic heterocycles. The van der Waals surface area contributed by atoms with E-state index in [4.69, 9.17) is 4.74 Å². The van der Waals surface area contributed by atoms with Crippen molar-refractivity contribution in [1.29, 1.82) is 0 Å². The number of sulfone groups is 1. The average molecular weight is 308 g/mol. The molecule has 1 aromatic carbocycles. The Balaban J connectivity index is 1.64. The van der Waals surface area contributed by atoms with E-state index in [1.807, 2.05) is 31.4 Å². The molecule has 2 rings (SSSR count). The van der Waals surface area contributed by atoms with Crippen molar-refractivity contribution in [2.45, 2.75) is 32.6 Å². The highest BCUT2D eigenvalue weighted by molar-refractivity contribution is 7.91. The second-order valence-corrected chi connectivity index (χ2v) is 8.08. The minimum absolute atomic E-state index is 0.367. The summed E-state index contributed by atoms with van der Waals surface area (Å²) >= 11 is 0. The monoisotopic (exact) mass is 308 g/mol. The van der Waals surface area contributed by atoms with Crippen LogP contribution in [0.15, 0.2) is 36.6 Å². The highest BCUT2D eigenvalue weighted by Crippen LogP contribution is 2.23. The first-order valence-electron chi connectivity index (χ1n) is 7.61. The van der Waals surface area contributed by atoms with E-state index in [2.05, 4.69) is 12.1 Å². The minimum Gasteiger partial charge on any atom is -0.501 e. The first-order valence-corrected chi connectivity index (χ1v) is 9.43. The van der Waals surface area contributed by atoms with E-state index in [0.29, 0.717) is 24.0 Å². The molecule has 1 saturated heterocycles. The van der Waals surface area contributed by atoms with E-state index in [9.17, 15) is 8.42 Å². The van der Waals surface area contributed by atoms with Gasteiger partial charge in [0.2, 0.25) is 0 Å². The molecule has 0 radical (unpaired) electrons. The van der Waals surface area contributed by atoms with Crippen molar-refractivity contribution in [2.75, 3.05) is 18.1 Å². The SMILES string of the molecule is C/C(=C/OCCCC1CCS(=O)(=O)CC1)c1ccccc1. The van der Waals surface area contributed by atoms with Crippen LogP contribution in [-0.2, 0) is 14.6 Å². The van der Waals surface area contributed by atoms with Crippen LogP contribution in [0.5, 0.6) is 0 Å². The van der Waals surface area contributed by atoms with E-state index in [1.165, 1.54) is 5.56 Å². The van der Waals surface area contributed by atoms with Gasteiger partial charge in [0, 0.05) is 0 Å². The van der Waals surface area contributed by atoms with Crippen LogP contribution in [-0.4, -0.2) is 26.5 Å². The van der Waals surface area contributed by atoms with Gasteiger partial charge in [-0.25, -0.2) is 8.42 Å². The maximum atomic E-state index is 11.3. The summed E-state index contributed by atoms with van der Waals surface area (Å²) in [4.78, 5) is 0. The number of rotatable bonds is 6. The van der Waals surface area contributed by atoms with E-state index < -0.39 is 9.84 Å². The number of hydrogen-bond donors (Lipinski definition) is 0. The maximum absolute atomic E-state index is 11.3. The maximum Gasteiger partial charge on any atom is 0.150 e. The van der Waals surface area contributed by atoms with E-state index in [-0.39, 0.29) is 0 Å². The van der Waals surface area contributed by atoms with Crippen LogP contribution in [0.25, 0.3) is 5.57 Å². The molecule has 4 heteroatoms. The molecule has 0 N–H and O–H groups in total. The Morgan fingerprint density at radius 3 is 2.57 bits per heavy atom. The lowest BCUT2D eigenvalue weighted by molar-refractivity contribution is 0.232. The van der Waals surface area contributed by atoms with Gasteiger partial charge in [0.25, 0.3) is 0 Å². The molecule has 21 heavy (non-hydrogen) atoms. The normalized spacial score (nSPS) is 19.4. The van der Waals surface area contributed by atoms with Crippen molar-refractivity contribution in [1.82, 2.24) is 0 Å². The van der Waals surface area contributed by atoms with E-state index >= 15 is 0 Å². The Bertz CT molecular complexity index is 547. The second kappa shape index (κ2) is 7.64. The van der Waals surface area contributed by atoms with Gasteiger partial charge >= 0.3 is 0 Å². The van der Waals surface area contributed by atoms with Crippen LogP contribution in [0.4, 0.5) is 0 Å². The van der Waals surface area contributed by atoms with Gasteiger partial charge in [0.15, 0.2) is 0 Å². The van der Waals surface area contributed by atoms with Gasteiger partial charge in [-0.1, -0.05) is 30.3 Å². The molecule has 0 amide bonds. The lowest BCUT2D eigenvalue weighted by Crippen LogP contribution is -2.23. The van der Waals surface area contributed by atoms with Crippen LogP contribution in [0.1, 0.15) is 38.2 Å². The predicted octanol–water partition coefficient (Wildman–Crippen LogP) is 3.67. The van der Waals surface area contributed by atoms with E-state index in [0.717, 1.165) is 31.3 Å². The third-order valence-electron chi connectivity index (χ3n) is 4.04. The number of benzene rings is 1. The van der Waals surface area contributed by atoms with Gasteiger partial charge in [-0.05, 0) is 49.7 Å². The summed E-state index contributed by atoms with van der Waals surface area (Å²) in [7, 11) is -2.73. The highest BCUT2D eigenvalue weighted by atomic mass is 32.2. The molecule has 0 spiro atoms. The molecule has 1 aliphatic heterocycles. The second-order valence-electron chi connectivity index (χ2n) is 5.78. The summed E-state index contributed by atoms with van der Waals surface area (Å²) < 4.78 is 28.3. The molecule has 1 aliphatic rings. The Morgan fingerprint density at radius 2 is 1.90 bits per heavy atom. The molecular weight excluding hydrogens is 284 g/mol. The molecule has 0 bridgehead atoms. The fourth-order valence-electron chi connectivity index (χ4n) is 2.64. The summed E-state index contributed by atoms with van der Waals surface area (Å²) in [5, 5.41) is 0. The zero-order valence-corrected chi connectivity index (χ0v) is 13.4. The topological polar surface area (TPSA) is 43.4 Å². The Kier molecular flexibility index (Phi) is 5.85. The molecule has 3 nitrogen and oxygen atoms in total. The predicted molar refractivity (Wildman–Crippen MR) is 86.7 cm³/mol. The van der Waals surface area contributed by atoms with E-state index in [1.54, 1.807) is 0 Å². The number of hydrogen-bond acceptors (Lipinski definition) is 3. The standard InChI is InChI=1S/C17H24O3S/c1-15(17-7-3-2-4-8-17)14-20-11-5-6-16-9-12-21(18,19)13-10-16/h2-4,7-8,14,16H,5-6,9-13H2,1H3/b15-14-. The fraction of sp³-hybridized carbons (Fsp3) is 0.529. The Labute approximate surface area is 127 Å². The molecule has 116 valence electrons. The molecular formula is C17H24O3S. The van der Waals surface area contributed by atoms with Gasteiger partial charge in [0.05, 0.1) is 24.4 Å². The van der Waals surface area contributed by atoms with Gasteiger partial charge in [-0.15, -0.1) is 0 Å². The molecule has 1 heterocycles. The van der Waals surface area contributed by atoms with Gasteiger partial charge in [-0.2, -0.15) is 0 Å². The lowest BCUT2D eigenvalue weighted by atomic mass is 9.97. The van der Waals surface area contributed by atoms with Crippen molar-refractivity contribution < 1.29 is 13.2 Å². The van der Waals surface area contributed by atoms with Gasteiger partial charge in [0.1, 0.15) is 9.84 Å². The largest absolute Gasteiger partial charge is 0.501 e. The summed E-state index contributed by atoms with van der Waals surface area (Å²) in [5.74, 6) is 1.29. The third kappa shape index (κ3) is 5.54. The first-order chi connectivity index (χ1) is 10.1. The Morgan fingerprint density at radius 1 is 1.24 bits per heavy atom. The molecule has 1 fully saturated rings. The van der Waals surface area contributed by atoms with Crippen LogP contribution >= 0.6 is 0 Å². The Hall–Kier alpha value is -1.29. The summed E-state index contributed by atoms with van der Waals surface area (Å²) in [6.07, 6.45) is 5.51. The van der Waals surface area contributed by atoms with Crippen molar-refractivity contribution in [3.05, 3.63) is 42.2 Å². The fourth-order valence-corrected chi connectivity index (χ4v) is 4.22. The lowest BCUT2D eigenvalue weighted by Gasteiger charge is -2.21. The number of ether oxygens (including phenoxy) is 1. The van der Waals surface area contributed by atoms with Crippen molar-refractivity contribution in [3.63, 3.8) is 0 Å². The molecule has 0 aliphatic carbocycles. The number of allylic oxidation sites excluding steroid dienone is 1. The van der Waals surface area contributed by atoms with Crippen molar-refractivity contribution in [3.8, 4) is 0 Å². The zero-order chi connectivity index (χ0) is 15.1. The quantitative estimate of drug-likeness (QED) is 0.595. The van der Waals surface area contributed by atoms with Crippen LogP contribution in [0.2, 0.25) is 0 Å². The van der Waals surface area contributed by atoms with Crippen molar-refractivity contribution in [2.24, 2.45) is 5.92 Å². The summed E-state index contributed by atoms with van der Waals surface area (Å²) in [6, 6.07) is 10.2. The first kappa shape index (κ1) is 16.1. The smallest absolute Gasteiger partial charge is 0.150 e. The molecule has 0 unspecified atom stereocenters. The zero-order valence-electron chi connectivity index (χ0n) is 12.6. The van der Waals surface area contributed by atoms with Crippen LogP contribution < -0.4 is 0 Å². The molecule has 0 saturated carbocycles. The van der Waals surface area contributed by atoms with Gasteiger partial charge < -0.3 is 4.74 Å². The van der Waals surface area contributed by atoms with Gasteiger partial charge in [-0.3, -0.25) is 0 Å².